The van der Waals surface area contributed by atoms with Crippen LogP contribution in [0.3, 0.4) is 0 Å². The average molecular weight is 245 g/mol. The van der Waals surface area contributed by atoms with Gasteiger partial charge < -0.3 is 9.64 Å². The molecule has 18 heavy (non-hydrogen) atoms. The number of piperidine rings is 1. The van der Waals surface area contributed by atoms with Crippen molar-refractivity contribution < 1.29 is 4.74 Å². The van der Waals surface area contributed by atoms with Crippen molar-refractivity contribution in [1.82, 2.24) is 4.90 Å². The number of benzene rings is 1. The third kappa shape index (κ3) is 1.93. The van der Waals surface area contributed by atoms with Crippen LogP contribution in [-0.2, 0) is 12.8 Å². The number of likely N-dealkylation sites (N-methyl/N-ethyl adjacent to an activating group) is 1. The summed E-state index contributed by atoms with van der Waals surface area (Å²) in [7, 11) is 1.79. The largest absolute Gasteiger partial charge is 0.496 e. The van der Waals surface area contributed by atoms with Crippen molar-refractivity contribution in [2.45, 2.75) is 38.6 Å². The van der Waals surface area contributed by atoms with Crippen molar-refractivity contribution in [2.24, 2.45) is 5.92 Å². The standard InChI is InChI=1S/C16H23NO/c1-3-17-9-5-7-13-10-14-12(11-15(13)17)6-4-8-16(14)18-2/h4,6,8,13,15H,3,5,7,9-11H2,1-2H3/t13-,15-/m1/s1. The molecular formula is C16H23NO. The fourth-order valence-corrected chi connectivity index (χ4v) is 3.85. The van der Waals surface area contributed by atoms with Crippen molar-refractivity contribution in [2.75, 3.05) is 20.2 Å². The Morgan fingerprint density at radius 1 is 1.33 bits per heavy atom. The summed E-state index contributed by atoms with van der Waals surface area (Å²) in [6.45, 7) is 4.78. The van der Waals surface area contributed by atoms with Gasteiger partial charge in [-0.3, -0.25) is 0 Å². The summed E-state index contributed by atoms with van der Waals surface area (Å²) < 4.78 is 5.53. The summed E-state index contributed by atoms with van der Waals surface area (Å²) >= 11 is 0. The van der Waals surface area contributed by atoms with Gasteiger partial charge in [0.2, 0.25) is 0 Å². The fraction of sp³-hybridized carbons (Fsp3) is 0.625. The van der Waals surface area contributed by atoms with Crippen LogP contribution in [0.15, 0.2) is 18.2 Å². The Bertz CT molecular complexity index is 429. The van der Waals surface area contributed by atoms with Crippen LogP contribution in [0.25, 0.3) is 0 Å². The lowest BCUT2D eigenvalue weighted by molar-refractivity contribution is 0.0903. The minimum atomic E-state index is 0.767. The quantitative estimate of drug-likeness (QED) is 0.794. The van der Waals surface area contributed by atoms with E-state index in [4.69, 9.17) is 4.74 Å². The van der Waals surface area contributed by atoms with Crippen LogP contribution < -0.4 is 4.74 Å². The van der Waals surface area contributed by atoms with Gasteiger partial charge in [-0.1, -0.05) is 19.1 Å². The highest BCUT2D eigenvalue weighted by molar-refractivity contribution is 5.43. The van der Waals surface area contributed by atoms with Crippen molar-refractivity contribution in [3.05, 3.63) is 29.3 Å². The van der Waals surface area contributed by atoms with Gasteiger partial charge in [0, 0.05) is 6.04 Å². The first-order chi connectivity index (χ1) is 8.83. The Hall–Kier alpha value is -1.02. The van der Waals surface area contributed by atoms with E-state index in [1.807, 2.05) is 0 Å². The summed E-state index contributed by atoms with van der Waals surface area (Å²) in [6, 6.07) is 7.30. The van der Waals surface area contributed by atoms with Gasteiger partial charge in [0.05, 0.1) is 7.11 Å². The average Bonchev–Trinajstić information content (AvgIpc) is 2.43. The number of ether oxygens (including phenoxy) is 1. The number of likely N-dealkylation sites (tertiary alicyclic amines) is 1. The molecule has 2 heteroatoms. The van der Waals surface area contributed by atoms with Crippen molar-refractivity contribution >= 4 is 0 Å². The maximum absolute atomic E-state index is 5.53. The van der Waals surface area contributed by atoms with E-state index in [1.54, 1.807) is 7.11 Å². The molecule has 0 bridgehead atoms. The van der Waals surface area contributed by atoms with E-state index in [2.05, 4.69) is 30.0 Å². The van der Waals surface area contributed by atoms with E-state index < -0.39 is 0 Å². The van der Waals surface area contributed by atoms with Gasteiger partial charge in [-0.25, -0.2) is 0 Å². The minimum Gasteiger partial charge on any atom is -0.496 e. The van der Waals surface area contributed by atoms with Crippen LogP contribution in [0, 0.1) is 5.92 Å². The first-order valence-electron chi connectivity index (χ1n) is 7.22. The van der Waals surface area contributed by atoms with Crippen LogP contribution in [0.2, 0.25) is 0 Å². The molecule has 0 unspecified atom stereocenters. The number of hydrogen-bond acceptors (Lipinski definition) is 2. The Morgan fingerprint density at radius 3 is 3.00 bits per heavy atom. The molecule has 0 N–H and O–H groups in total. The van der Waals surface area contributed by atoms with Gasteiger partial charge in [0.15, 0.2) is 0 Å². The van der Waals surface area contributed by atoms with Gasteiger partial charge in [0.25, 0.3) is 0 Å². The summed E-state index contributed by atoms with van der Waals surface area (Å²) in [5, 5.41) is 0. The van der Waals surface area contributed by atoms with Gasteiger partial charge in [-0.15, -0.1) is 0 Å². The van der Waals surface area contributed by atoms with Crippen LogP contribution in [0.4, 0.5) is 0 Å². The molecule has 1 aliphatic carbocycles. The molecule has 98 valence electrons. The van der Waals surface area contributed by atoms with Gasteiger partial charge in [-0.2, -0.15) is 0 Å². The SMILES string of the molecule is CCN1CCC[C@@H]2Cc3c(cccc3OC)C[C@H]21. The molecule has 1 fully saturated rings. The Balaban J connectivity index is 1.93. The highest BCUT2D eigenvalue weighted by Gasteiger charge is 2.35. The van der Waals surface area contributed by atoms with Crippen molar-refractivity contribution in [3.63, 3.8) is 0 Å². The Morgan fingerprint density at radius 2 is 2.22 bits per heavy atom. The molecule has 0 radical (unpaired) electrons. The molecule has 1 saturated heterocycles. The lowest BCUT2D eigenvalue weighted by atomic mass is 9.75. The third-order valence-electron chi connectivity index (χ3n) is 4.78. The fourth-order valence-electron chi connectivity index (χ4n) is 3.85. The number of nitrogens with zero attached hydrogens (tertiary/aromatic N) is 1. The van der Waals surface area contributed by atoms with E-state index in [-0.39, 0.29) is 0 Å². The summed E-state index contributed by atoms with van der Waals surface area (Å²) in [6.07, 6.45) is 5.17. The molecular weight excluding hydrogens is 222 g/mol. The maximum atomic E-state index is 5.53. The van der Waals surface area contributed by atoms with E-state index in [9.17, 15) is 0 Å². The zero-order valence-corrected chi connectivity index (χ0v) is 11.5. The second-order valence-corrected chi connectivity index (χ2v) is 5.60. The normalized spacial score (nSPS) is 27.4. The first-order valence-corrected chi connectivity index (χ1v) is 7.22. The summed E-state index contributed by atoms with van der Waals surface area (Å²) in [4.78, 5) is 2.68. The molecule has 3 rings (SSSR count). The van der Waals surface area contributed by atoms with Crippen molar-refractivity contribution in [3.8, 4) is 5.75 Å². The maximum Gasteiger partial charge on any atom is 0.122 e. The monoisotopic (exact) mass is 245 g/mol. The van der Waals surface area contributed by atoms with E-state index >= 15 is 0 Å². The van der Waals surface area contributed by atoms with Crippen molar-refractivity contribution in [1.29, 1.82) is 0 Å². The zero-order chi connectivity index (χ0) is 12.5. The van der Waals surface area contributed by atoms with E-state index in [0.717, 1.165) is 17.7 Å². The molecule has 1 heterocycles. The zero-order valence-electron chi connectivity index (χ0n) is 11.5. The smallest absolute Gasteiger partial charge is 0.122 e. The third-order valence-corrected chi connectivity index (χ3v) is 4.78. The lowest BCUT2D eigenvalue weighted by Gasteiger charge is -2.44. The van der Waals surface area contributed by atoms with Crippen LogP contribution in [0.1, 0.15) is 30.9 Å². The van der Waals surface area contributed by atoms with E-state index in [0.29, 0.717) is 0 Å². The molecule has 2 aliphatic rings. The Labute approximate surface area is 110 Å². The number of rotatable bonds is 2. The van der Waals surface area contributed by atoms with Crippen LogP contribution in [0.5, 0.6) is 5.75 Å². The molecule has 2 atom stereocenters. The summed E-state index contributed by atoms with van der Waals surface area (Å²) in [5.74, 6) is 1.93. The predicted octanol–water partition coefficient (Wildman–Crippen LogP) is 2.89. The number of hydrogen-bond donors (Lipinski definition) is 0. The van der Waals surface area contributed by atoms with E-state index in [1.165, 1.54) is 49.9 Å². The number of methoxy groups -OCH3 is 1. The molecule has 0 spiro atoms. The molecule has 1 aliphatic heterocycles. The second kappa shape index (κ2) is 4.93. The lowest BCUT2D eigenvalue weighted by Crippen LogP contribution is -2.49. The Kier molecular flexibility index (Phi) is 3.29. The first kappa shape index (κ1) is 12.0. The molecule has 0 aromatic heterocycles. The highest BCUT2D eigenvalue weighted by atomic mass is 16.5. The van der Waals surface area contributed by atoms with Gasteiger partial charge in [-0.05, 0) is 61.9 Å². The molecule has 0 amide bonds. The molecule has 0 saturated carbocycles. The van der Waals surface area contributed by atoms with Gasteiger partial charge in [0.1, 0.15) is 5.75 Å². The van der Waals surface area contributed by atoms with Crippen LogP contribution in [-0.4, -0.2) is 31.1 Å². The second-order valence-electron chi connectivity index (χ2n) is 5.60. The molecule has 2 nitrogen and oxygen atoms in total. The summed E-state index contributed by atoms with van der Waals surface area (Å²) in [5.41, 5.74) is 2.98. The number of fused-ring (bicyclic) bond motifs is 2. The van der Waals surface area contributed by atoms with Gasteiger partial charge >= 0.3 is 0 Å². The predicted molar refractivity (Wildman–Crippen MR) is 74.2 cm³/mol. The molecule has 1 aromatic carbocycles. The highest BCUT2D eigenvalue weighted by Crippen LogP contribution is 2.38. The topological polar surface area (TPSA) is 12.5 Å². The van der Waals surface area contributed by atoms with Crippen LogP contribution >= 0.6 is 0 Å². The molecule has 1 aromatic rings. The minimum absolute atomic E-state index is 0.767.